The number of fused-ring (bicyclic) bond motifs is 1. The van der Waals surface area contributed by atoms with Crippen molar-refractivity contribution in [1.82, 2.24) is 4.90 Å². The van der Waals surface area contributed by atoms with Gasteiger partial charge in [0.15, 0.2) is 0 Å². The first-order chi connectivity index (χ1) is 10.2. The van der Waals surface area contributed by atoms with Crippen LogP contribution in [0.15, 0.2) is 18.2 Å². The zero-order valence-corrected chi connectivity index (χ0v) is 14.8. The van der Waals surface area contributed by atoms with Crippen LogP contribution in [0, 0.1) is 0 Å². The summed E-state index contributed by atoms with van der Waals surface area (Å²) in [4.78, 5) is 14.0. The Morgan fingerprint density at radius 1 is 1.27 bits per heavy atom. The number of carbonyl (C=O) groups is 1. The van der Waals surface area contributed by atoms with Gasteiger partial charge in [0.05, 0.1) is 0 Å². The van der Waals surface area contributed by atoms with Crippen LogP contribution in [0.3, 0.4) is 0 Å². The molecule has 22 heavy (non-hydrogen) atoms. The van der Waals surface area contributed by atoms with Gasteiger partial charge in [0.2, 0.25) is 5.91 Å². The maximum Gasteiger partial charge on any atom is 0.221 e. The highest BCUT2D eigenvalue weighted by Gasteiger charge is 2.24. The highest BCUT2D eigenvalue weighted by atomic mass is 35.5. The molecule has 0 fully saturated rings. The van der Waals surface area contributed by atoms with Crippen molar-refractivity contribution in [3.8, 4) is 0 Å². The molecule has 1 aromatic rings. The number of nitrogens with zero attached hydrogens (tertiary/aromatic N) is 1. The summed E-state index contributed by atoms with van der Waals surface area (Å²) in [6.07, 6.45) is 5.82. The molecule has 0 spiro atoms. The van der Waals surface area contributed by atoms with Gasteiger partial charge in [0.1, 0.15) is 0 Å². The average molecular weight is 325 g/mol. The monoisotopic (exact) mass is 324 g/mol. The van der Waals surface area contributed by atoms with Crippen molar-refractivity contribution in [3.63, 3.8) is 0 Å². The molecule has 124 valence electrons. The molecule has 0 aliphatic heterocycles. The van der Waals surface area contributed by atoms with Crippen LogP contribution in [0.1, 0.15) is 51.2 Å². The molecular formula is C18H29ClN2O. The normalized spacial score (nSPS) is 16.8. The molecule has 1 atom stereocenters. The van der Waals surface area contributed by atoms with Crippen molar-refractivity contribution in [1.29, 1.82) is 0 Å². The van der Waals surface area contributed by atoms with Crippen molar-refractivity contribution in [2.45, 2.75) is 58.9 Å². The number of rotatable bonds is 6. The molecule has 0 saturated carbocycles. The quantitative estimate of drug-likeness (QED) is 0.856. The van der Waals surface area contributed by atoms with Crippen LogP contribution in [0.5, 0.6) is 0 Å². The molecule has 4 heteroatoms. The van der Waals surface area contributed by atoms with Gasteiger partial charge in [-0.1, -0.05) is 26.0 Å². The zero-order valence-electron chi connectivity index (χ0n) is 14.0. The fourth-order valence-corrected chi connectivity index (χ4v) is 3.46. The standard InChI is InChI=1S/C18H28N2O.ClH/c1-4-11-20(12-5-2)16-9-10-17-15(13-16)7-6-8-18(17)19-14(3)21;/h6-8,16H,4-5,9-13H2,1-3H3,(H,19,21);1H. The van der Waals surface area contributed by atoms with Crippen LogP contribution in [0.4, 0.5) is 5.69 Å². The number of amides is 1. The van der Waals surface area contributed by atoms with Crippen molar-refractivity contribution < 1.29 is 4.79 Å². The molecule has 2 rings (SSSR count). The zero-order chi connectivity index (χ0) is 15.2. The molecule has 1 aliphatic rings. The predicted molar refractivity (Wildman–Crippen MR) is 96.0 cm³/mol. The van der Waals surface area contributed by atoms with E-state index >= 15 is 0 Å². The lowest BCUT2D eigenvalue weighted by molar-refractivity contribution is -0.114. The highest BCUT2D eigenvalue weighted by molar-refractivity contribution is 5.89. The summed E-state index contributed by atoms with van der Waals surface area (Å²) in [7, 11) is 0. The third-order valence-electron chi connectivity index (χ3n) is 4.30. The first-order valence-corrected chi connectivity index (χ1v) is 8.28. The minimum Gasteiger partial charge on any atom is -0.326 e. The highest BCUT2D eigenvalue weighted by Crippen LogP contribution is 2.30. The molecule has 1 N–H and O–H groups in total. The third kappa shape index (κ3) is 4.72. The summed E-state index contributed by atoms with van der Waals surface area (Å²) in [6, 6.07) is 6.97. The summed E-state index contributed by atoms with van der Waals surface area (Å²) >= 11 is 0. The van der Waals surface area contributed by atoms with Crippen LogP contribution < -0.4 is 5.32 Å². The van der Waals surface area contributed by atoms with Crippen molar-refractivity contribution in [3.05, 3.63) is 29.3 Å². The Morgan fingerprint density at radius 2 is 1.95 bits per heavy atom. The van der Waals surface area contributed by atoms with E-state index in [1.807, 2.05) is 6.07 Å². The Labute approximate surface area is 140 Å². The first kappa shape index (κ1) is 19.0. The fraction of sp³-hybridized carbons (Fsp3) is 0.611. The van der Waals surface area contributed by atoms with Crippen molar-refractivity contribution >= 4 is 24.0 Å². The maximum absolute atomic E-state index is 11.3. The Bertz CT molecular complexity index is 484. The second-order valence-corrected chi connectivity index (χ2v) is 6.06. The summed E-state index contributed by atoms with van der Waals surface area (Å²) in [5.74, 6) is 0.0177. The average Bonchev–Trinajstić information content (AvgIpc) is 2.46. The van der Waals surface area contributed by atoms with E-state index in [2.05, 4.69) is 36.2 Å². The number of carbonyl (C=O) groups excluding carboxylic acids is 1. The van der Waals surface area contributed by atoms with Crippen LogP contribution in [0.2, 0.25) is 0 Å². The summed E-state index contributed by atoms with van der Waals surface area (Å²) in [5.41, 5.74) is 3.77. The van der Waals surface area contributed by atoms with Gasteiger partial charge in [-0.3, -0.25) is 4.79 Å². The van der Waals surface area contributed by atoms with E-state index in [1.54, 1.807) is 6.92 Å². The van der Waals surface area contributed by atoms with Gasteiger partial charge in [-0.2, -0.15) is 0 Å². The lowest BCUT2D eigenvalue weighted by atomic mass is 9.86. The van der Waals surface area contributed by atoms with E-state index in [0.29, 0.717) is 6.04 Å². The van der Waals surface area contributed by atoms with Crippen molar-refractivity contribution in [2.24, 2.45) is 0 Å². The van der Waals surface area contributed by atoms with E-state index in [-0.39, 0.29) is 18.3 Å². The lowest BCUT2D eigenvalue weighted by Gasteiger charge is -2.35. The maximum atomic E-state index is 11.3. The lowest BCUT2D eigenvalue weighted by Crippen LogP contribution is -2.40. The van der Waals surface area contributed by atoms with Gasteiger partial charge in [-0.25, -0.2) is 0 Å². The predicted octanol–water partition coefficient (Wildman–Crippen LogP) is 4.05. The van der Waals surface area contributed by atoms with E-state index in [4.69, 9.17) is 0 Å². The van der Waals surface area contributed by atoms with Crippen LogP contribution in [0.25, 0.3) is 0 Å². The SMILES string of the molecule is CCCN(CCC)C1CCc2c(cccc2NC(C)=O)C1.Cl. The van der Waals surface area contributed by atoms with Gasteiger partial charge in [0, 0.05) is 18.7 Å². The molecule has 0 heterocycles. The third-order valence-corrected chi connectivity index (χ3v) is 4.30. The van der Waals surface area contributed by atoms with E-state index in [9.17, 15) is 4.79 Å². The fourth-order valence-electron chi connectivity index (χ4n) is 3.46. The second kappa shape index (κ2) is 9.16. The van der Waals surface area contributed by atoms with E-state index in [1.165, 1.54) is 43.5 Å². The molecule has 1 amide bonds. The van der Waals surface area contributed by atoms with Crippen LogP contribution >= 0.6 is 12.4 Å². The first-order valence-electron chi connectivity index (χ1n) is 8.28. The Balaban J connectivity index is 0.00000242. The minimum absolute atomic E-state index is 0. The van der Waals surface area contributed by atoms with Crippen LogP contribution in [-0.4, -0.2) is 29.9 Å². The van der Waals surface area contributed by atoms with Gasteiger partial charge in [0.25, 0.3) is 0 Å². The van der Waals surface area contributed by atoms with Gasteiger partial charge < -0.3 is 10.2 Å². The summed E-state index contributed by atoms with van der Waals surface area (Å²) in [6.45, 7) is 8.48. The molecule has 1 unspecified atom stereocenters. The van der Waals surface area contributed by atoms with Crippen molar-refractivity contribution in [2.75, 3.05) is 18.4 Å². The number of anilines is 1. The second-order valence-electron chi connectivity index (χ2n) is 6.06. The van der Waals surface area contributed by atoms with E-state index in [0.717, 1.165) is 18.5 Å². The largest absolute Gasteiger partial charge is 0.326 e. The number of halogens is 1. The Morgan fingerprint density at radius 3 is 2.55 bits per heavy atom. The molecule has 3 nitrogen and oxygen atoms in total. The van der Waals surface area contributed by atoms with E-state index < -0.39 is 0 Å². The molecule has 1 aromatic carbocycles. The molecule has 0 radical (unpaired) electrons. The Kier molecular flexibility index (Phi) is 7.91. The van der Waals surface area contributed by atoms with Gasteiger partial charge in [-0.05, 0) is 62.4 Å². The Hall–Kier alpha value is -1.06. The molecule has 0 bridgehead atoms. The molecule has 1 aliphatic carbocycles. The van der Waals surface area contributed by atoms with Gasteiger partial charge >= 0.3 is 0 Å². The minimum atomic E-state index is 0. The number of nitrogens with one attached hydrogen (secondary N) is 1. The topological polar surface area (TPSA) is 32.3 Å². The molecule has 0 aromatic heterocycles. The summed E-state index contributed by atoms with van der Waals surface area (Å²) in [5, 5.41) is 2.97. The van der Waals surface area contributed by atoms with Crippen LogP contribution in [-0.2, 0) is 17.6 Å². The van der Waals surface area contributed by atoms with Gasteiger partial charge in [-0.15, -0.1) is 12.4 Å². The number of benzene rings is 1. The number of hydrogen-bond donors (Lipinski definition) is 1. The summed E-state index contributed by atoms with van der Waals surface area (Å²) < 4.78 is 0. The smallest absolute Gasteiger partial charge is 0.221 e. The number of hydrogen-bond acceptors (Lipinski definition) is 2. The molecular weight excluding hydrogens is 296 g/mol. The molecule has 0 saturated heterocycles.